The van der Waals surface area contributed by atoms with Gasteiger partial charge in [0.25, 0.3) is 5.91 Å². The number of nitrogens with one attached hydrogen (secondary N) is 2. The van der Waals surface area contributed by atoms with Crippen LogP contribution in [0.25, 0.3) is 0 Å². The lowest BCUT2D eigenvalue weighted by atomic mass is 10.0. The van der Waals surface area contributed by atoms with E-state index in [0.29, 0.717) is 48.8 Å². The van der Waals surface area contributed by atoms with Crippen molar-refractivity contribution in [1.82, 2.24) is 4.90 Å². The Balaban J connectivity index is 1.35. The number of hydrogen-bond donors (Lipinski definition) is 4. The highest BCUT2D eigenvalue weighted by molar-refractivity contribution is 6.48. The van der Waals surface area contributed by atoms with E-state index in [1.54, 1.807) is 47.4 Å². The Kier molecular flexibility index (Phi) is 7.93. The zero-order valence-electron chi connectivity index (χ0n) is 19.9. The van der Waals surface area contributed by atoms with Crippen molar-refractivity contribution < 1.29 is 23.8 Å². The van der Waals surface area contributed by atoms with Gasteiger partial charge in [-0.25, -0.2) is 5.84 Å². The van der Waals surface area contributed by atoms with Gasteiger partial charge in [0.1, 0.15) is 12.7 Å². The van der Waals surface area contributed by atoms with Crippen molar-refractivity contribution in [1.29, 1.82) is 10.8 Å². The predicted octanol–water partition coefficient (Wildman–Crippen LogP) is 1.34. The summed E-state index contributed by atoms with van der Waals surface area (Å²) in [5.74, 6) is 5.83. The molecule has 2 aliphatic heterocycles. The largest absolute Gasteiger partial charge is 0.463 e. The number of nitrogens with two attached hydrogens (primary N) is 2. The van der Waals surface area contributed by atoms with Crippen LogP contribution in [0.5, 0.6) is 0 Å². The van der Waals surface area contributed by atoms with Crippen molar-refractivity contribution in [2.75, 3.05) is 50.2 Å². The van der Waals surface area contributed by atoms with E-state index < -0.39 is 0 Å². The third-order valence-electron chi connectivity index (χ3n) is 6.07. The molecule has 190 valence electrons. The molecule has 0 spiro atoms. The first-order chi connectivity index (χ1) is 17.3. The fourth-order valence-electron chi connectivity index (χ4n) is 3.97. The summed E-state index contributed by atoms with van der Waals surface area (Å²) in [4.78, 5) is 25.6. The molecule has 11 heteroatoms. The van der Waals surface area contributed by atoms with E-state index >= 15 is 0 Å². The Labute approximate surface area is 208 Å². The highest BCUT2D eigenvalue weighted by atomic mass is 16.6. The normalized spacial score (nSPS) is 17.5. The Morgan fingerprint density at radius 2 is 1.86 bits per heavy atom. The molecule has 11 nitrogen and oxygen atoms in total. The minimum atomic E-state index is -0.294. The fourth-order valence-corrected chi connectivity index (χ4v) is 3.97. The molecule has 1 amide bonds. The first kappa shape index (κ1) is 25.3. The number of esters is 1. The van der Waals surface area contributed by atoms with Crippen LogP contribution in [-0.2, 0) is 25.6 Å². The summed E-state index contributed by atoms with van der Waals surface area (Å²) in [7, 11) is 0. The van der Waals surface area contributed by atoms with Crippen LogP contribution < -0.4 is 16.6 Å². The van der Waals surface area contributed by atoms with Gasteiger partial charge in [0.05, 0.1) is 49.9 Å². The summed E-state index contributed by atoms with van der Waals surface area (Å²) in [6.45, 7) is 2.62. The maximum atomic E-state index is 12.6. The van der Waals surface area contributed by atoms with Crippen LogP contribution in [0.1, 0.15) is 27.9 Å². The third kappa shape index (κ3) is 6.06. The minimum absolute atomic E-state index is 0.0227. The lowest BCUT2D eigenvalue weighted by Gasteiger charge is -2.27. The molecule has 2 aliphatic rings. The number of rotatable bonds is 9. The van der Waals surface area contributed by atoms with Gasteiger partial charge in [0.2, 0.25) is 0 Å². The summed E-state index contributed by atoms with van der Waals surface area (Å²) >= 11 is 0. The van der Waals surface area contributed by atoms with Gasteiger partial charge in [-0.1, -0.05) is 6.07 Å². The van der Waals surface area contributed by atoms with Crippen molar-refractivity contribution in [3.63, 3.8) is 0 Å². The van der Waals surface area contributed by atoms with Crippen molar-refractivity contribution in [3.05, 3.63) is 59.2 Å². The standard InChI is InChI=1S/C25H30N6O5/c26-21-6-1-16(14-35-19-12-23(32)36-15-19)11-20(21)24(28)22(27)13-31(29)18-4-2-17(3-5-18)25(33)30-7-9-34-10-8-30/h1-6,11,19,27-28H,7-10,12-15,26,29H2. The number of nitrogen functional groups attached to an aromatic ring is 1. The second-order valence-corrected chi connectivity index (χ2v) is 8.67. The van der Waals surface area contributed by atoms with E-state index in [-0.39, 0.29) is 55.6 Å². The van der Waals surface area contributed by atoms with Gasteiger partial charge in [-0.15, -0.1) is 0 Å². The van der Waals surface area contributed by atoms with Crippen molar-refractivity contribution in [3.8, 4) is 0 Å². The number of ether oxygens (including phenoxy) is 3. The monoisotopic (exact) mass is 494 g/mol. The highest BCUT2D eigenvalue weighted by Gasteiger charge is 2.24. The Morgan fingerprint density at radius 3 is 2.53 bits per heavy atom. The summed E-state index contributed by atoms with van der Waals surface area (Å²) < 4.78 is 15.9. The number of hydrogen-bond acceptors (Lipinski definition) is 10. The first-order valence-corrected chi connectivity index (χ1v) is 11.6. The average molecular weight is 495 g/mol. The molecule has 1 unspecified atom stereocenters. The molecule has 0 radical (unpaired) electrons. The zero-order valence-corrected chi connectivity index (χ0v) is 19.9. The second kappa shape index (κ2) is 11.3. The summed E-state index contributed by atoms with van der Waals surface area (Å²) in [5.41, 5.74) is 8.70. The molecule has 0 bridgehead atoms. The lowest BCUT2D eigenvalue weighted by Crippen LogP contribution is -2.40. The molecular weight excluding hydrogens is 464 g/mol. The molecule has 2 saturated heterocycles. The molecule has 4 rings (SSSR count). The number of carbonyl (C=O) groups is 2. The second-order valence-electron chi connectivity index (χ2n) is 8.67. The van der Waals surface area contributed by atoms with Gasteiger partial charge in [0, 0.05) is 29.9 Å². The van der Waals surface area contributed by atoms with Gasteiger partial charge in [-0.05, 0) is 42.0 Å². The van der Waals surface area contributed by atoms with E-state index in [4.69, 9.17) is 36.6 Å². The Hall–Kier alpha value is -3.80. The van der Waals surface area contributed by atoms with Crippen LogP contribution in [-0.4, -0.2) is 73.8 Å². The van der Waals surface area contributed by atoms with Crippen molar-refractivity contribution in [2.45, 2.75) is 19.1 Å². The molecule has 36 heavy (non-hydrogen) atoms. The molecule has 0 saturated carbocycles. The average Bonchev–Trinajstić information content (AvgIpc) is 3.32. The number of carbonyl (C=O) groups excluding carboxylic acids is 2. The Morgan fingerprint density at radius 1 is 1.14 bits per heavy atom. The molecule has 2 fully saturated rings. The number of hydrazine groups is 1. The Bertz CT molecular complexity index is 1150. The number of anilines is 2. The fraction of sp³-hybridized carbons (Fsp3) is 0.360. The smallest absolute Gasteiger partial charge is 0.308 e. The molecule has 1 atom stereocenters. The lowest BCUT2D eigenvalue weighted by molar-refractivity contribution is -0.137. The van der Waals surface area contributed by atoms with Crippen LogP contribution in [0.4, 0.5) is 11.4 Å². The van der Waals surface area contributed by atoms with E-state index in [2.05, 4.69) is 0 Å². The maximum absolute atomic E-state index is 12.6. The van der Waals surface area contributed by atoms with E-state index in [1.807, 2.05) is 0 Å². The number of benzene rings is 2. The summed E-state index contributed by atoms with van der Waals surface area (Å²) in [6.07, 6.45) is -0.0747. The SMILES string of the molecule is N=C(CN(N)c1ccc(C(=O)N2CCOCC2)cc1)C(=N)c1cc(COC2COC(=O)C2)ccc1N. The van der Waals surface area contributed by atoms with Gasteiger partial charge in [-0.2, -0.15) is 0 Å². The maximum Gasteiger partial charge on any atom is 0.308 e. The molecule has 0 aromatic heterocycles. The highest BCUT2D eigenvalue weighted by Crippen LogP contribution is 2.20. The van der Waals surface area contributed by atoms with Gasteiger partial charge >= 0.3 is 5.97 Å². The van der Waals surface area contributed by atoms with Gasteiger partial charge in [0.15, 0.2) is 0 Å². The topological polar surface area (TPSA) is 168 Å². The predicted molar refractivity (Wildman–Crippen MR) is 134 cm³/mol. The number of cyclic esters (lactones) is 1. The third-order valence-corrected chi connectivity index (χ3v) is 6.07. The molecule has 2 aromatic carbocycles. The van der Waals surface area contributed by atoms with Crippen LogP contribution in [0.2, 0.25) is 0 Å². The molecule has 2 aromatic rings. The van der Waals surface area contributed by atoms with Crippen LogP contribution in [0.15, 0.2) is 42.5 Å². The molecular formula is C25H30N6O5. The van der Waals surface area contributed by atoms with E-state index in [0.717, 1.165) is 5.56 Å². The van der Waals surface area contributed by atoms with E-state index in [9.17, 15) is 9.59 Å². The summed E-state index contributed by atoms with van der Waals surface area (Å²) in [6, 6.07) is 12.0. The molecule has 0 aliphatic carbocycles. The number of morpholine rings is 1. The molecule has 6 N–H and O–H groups in total. The van der Waals surface area contributed by atoms with Crippen LogP contribution >= 0.6 is 0 Å². The van der Waals surface area contributed by atoms with Crippen LogP contribution in [0.3, 0.4) is 0 Å². The summed E-state index contributed by atoms with van der Waals surface area (Å²) in [5, 5.41) is 18.3. The minimum Gasteiger partial charge on any atom is -0.463 e. The zero-order chi connectivity index (χ0) is 25.7. The van der Waals surface area contributed by atoms with Crippen LogP contribution in [0, 0.1) is 10.8 Å². The van der Waals surface area contributed by atoms with Crippen molar-refractivity contribution >= 4 is 34.7 Å². The van der Waals surface area contributed by atoms with E-state index in [1.165, 1.54) is 5.01 Å². The first-order valence-electron chi connectivity index (χ1n) is 11.6. The molecule has 2 heterocycles. The number of amides is 1. The van der Waals surface area contributed by atoms with Gasteiger partial charge in [-0.3, -0.25) is 15.0 Å². The number of nitrogens with zero attached hydrogens (tertiary/aromatic N) is 2. The quantitative estimate of drug-likeness (QED) is 0.133. The van der Waals surface area contributed by atoms with Gasteiger partial charge < -0.3 is 35.3 Å². The van der Waals surface area contributed by atoms with Crippen molar-refractivity contribution in [2.24, 2.45) is 5.84 Å².